The molecule has 0 N–H and O–H groups in total. The maximum Gasteiger partial charge on any atom is 0.276 e. The van der Waals surface area contributed by atoms with Crippen LogP contribution in [0.2, 0.25) is 5.02 Å². The van der Waals surface area contributed by atoms with Crippen molar-refractivity contribution in [3.05, 3.63) is 79.6 Å². The van der Waals surface area contributed by atoms with E-state index >= 15 is 0 Å². The zero-order chi connectivity index (χ0) is 16.7. The van der Waals surface area contributed by atoms with Crippen LogP contribution >= 0.6 is 22.9 Å². The van der Waals surface area contributed by atoms with Crippen LogP contribution in [0, 0.1) is 6.92 Å². The second-order valence-corrected chi connectivity index (χ2v) is 6.92. The van der Waals surface area contributed by atoms with Crippen LogP contribution in [0.1, 0.15) is 11.1 Å². The van der Waals surface area contributed by atoms with E-state index in [4.69, 9.17) is 11.6 Å². The third kappa shape index (κ3) is 2.62. The Kier molecular flexibility index (Phi) is 3.67. The van der Waals surface area contributed by atoms with Crippen LogP contribution in [0.3, 0.4) is 0 Å². The topological polar surface area (TPSA) is 47.3 Å². The average molecular weight is 354 g/mol. The second-order valence-electron chi connectivity index (χ2n) is 5.48. The molecule has 118 valence electrons. The van der Waals surface area contributed by atoms with Crippen LogP contribution in [0.4, 0.5) is 0 Å². The average Bonchev–Trinajstić information content (AvgIpc) is 3.10. The van der Waals surface area contributed by atoms with Gasteiger partial charge in [0, 0.05) is 10.6 Å². The molecule has 4 nitrogen and oxygen atoms in total. The molecule has 0 aliphatic carbocycles. The van der Waals surface area contributed by atoms with E-state index in [0.717, 1.165) is 16.7 Å². The molecule has 4 aromatic rings. The summed E-state index contributed by atoms with van der Waals surface area (Å²) in [5.74, 6) is 0.534. The first-order valence-corrected chi connectivity index (χ1v) is 8.53. The number of aryl methyl sites for hydroxylation is 1. The normalized spacial score (nSPS) is 12.2. The van der Waals surface area contributed by atoms with Crippen LogP contribution in [0.25, 0.3) is 22.4 Å². The zero-order valence-corrected chi connectivity index (χ0v) is 14.3. The van der Waals surface area contributed by atoms with Crippen LogP contribution < -0.4 is 10.1 Å². The highest BCUT2D eigenvalue weighted by Gasteiger charge is 2.14. The van der Waals surface area contributed by atoms with Gasteiger partial charge in [-0.15, -0.1) is 10.2 Å². The van der Waals surface area contributed by atoms with Crippen molar-refractivity contribution in [2.75, 3.05) is 0 Å². The van der Waals surface area contributed by atoms with Crippen LogP contribution in [-0.4, -0.2) is 14.6 Å². The lowest BCUT2D eigenvalue weighted by Gasteiger charge is -1.96. The highest BCUT2D eigenvalue weighted by molar-refractivity contribution is 7.15. The fraction of sp³-hybridized carbons (Fsp3) is 0.0556. The summed E-state index contributed by atoms with van der Waals surface area (Å²) in [6, 6.07) is 15.2. The van der Waals surface area contributed by atoms with Gasteiger partial charge in [-0.2, -0.15) is 0 Å². The predicted molar refractivity (Wildman–Crippen MR) is 97.5 cm³/mol. The SMILES string of the molecule is Cc1cccc(/C=c2/sc3nnc(-c4ccc(Cl)cc4)n3c2=O)c1. The molecule has 6 heteroatoms. The lowest BCUT2D eigenvalue weighted by Crippen LogP contribution is -2.23. The summed E-state index contributed by atoms with van der Waals surface area (Å²) in [7, 11) is 0. The molecular formula is C18H12ClN3OS. The first kappa shape index (κ1) is 15.1. The molecule has 2 heterocycles. The van der Waals surface area contributed by atoms with Crippen molar-refractivity contribution in [1.82, 2.24) is 14.6 Å². The quantitative estimate of drug-likeness (QED) is 0.555. The van der Waals surface area contributed by atoms with E-state index in [1.807, 2.05) is 49.4 Å². The number of hydrogen-bond donors (Lipinski definition) is 0. The Bertz CT molecular complexity index is 1150. The van der Waals surface area contributed by atoms with Gasteiger partial charge in [-0.1, -0.05) is 52.8 Å². The third-order valence-corrected chi connectivity index (χ3v) is 4.90. The maximum atomic E-state index is 12.8. The largest absolute Gasteiger partial charge is 0.276 e. The van der Waals surface area contributed by atoms with Crippen molar-refractivity contribution in [3.63, 3.8) is 0 Å². The Hall–Kier alpha value is -2.50. The standard InChI is InChI=1S/C18H12ClN3OS/c1-11-3-2-4-12(9-11)10-15-17(23)22-16(20-21-18(22)24-15)13-5-7-14(19)8-6-13/h2-10H,1H3/b15-10+. The molecule has 2 aromatic heterocycles. The molecule has 0 saturated heterocycles. The van der Waals surface area contributed by atoms with E-state index in [-0.39, 0.29) is 5.56 Å². The molecule has 0 fully saturated rings. The van der Waals surface area contributed by atoms with Crippen LogP contribution in [0.5, 0.6) is 0 Å². The van der Waals surface area contributed by atoms with Gasteiger partial charge in [-0.3, -0.25) is 4.79 Å². The lowest BCUT2D eigenvalue weighted by molar-refractivity contribution is 1.09. The van der Waals surface area contributed by atoms with E-state index < -0.39 is 0 Å². The molecule has 0 atom stereocenters. The van der Waals surface area contributed by atoms with E-state index in [1.165, 1.54) is 11.3 Å². The fourth-order valence-corrected chi connectivity index (χ4v) is 3.60. The van der Waals surface area contributed by atoms with Gasteiger partial charge >= 0.3 is 0 Å². The predicted octanol–water partition coefficient (Wildman–Crippen LogP) is 3.33. The molecule has 0 bridgehead atoms. The number of fused-ring (bicyclic) bond motifs is 1. The smallest absolute Gasteiger partial charge is 0.267 e. The van der Waals surface area contributed by atoms with Crippen LogP contribution in [-0.2, 0) is 0 Å². The molecule has 0 unspecified atom stereocenters. The number of hydrogen-bond acceptors (Lipinski definition) is 4. The number of benzene rings is 2. The summed E-state index contributed by atoms with van der Waals surface area (Å²) < 4.78 is 2.19. The summed E-state index contributed by atoms with van der Waals surface area (Å²) in [5, 5.41) is 8.92. The number of aromatic nitrogens is 3. The molecule has 24 heavy (non-hydrogen) atoms. The Morgan fingerprint density at radius 2 is 1.92 bits per heavy atom. The summed E-state index contributed by atoms with van der Waals surface area (Å²) >= 11 is 7.26. The van der Waals surface area contributed by atoms with Gasteiger partial charge in [-0.05, 0) is 42.8 Å². The molecule has 0 aliphatic heterocycles. The van der Waals surface area contributed by atoms with Gasteiger partial charge in [-0.25, -0.2) is 4.40 Å². The minimum atomic E-state index is -0.105. The van der Waals surface area contributed by atoms with Gasteiger partial charge in [0.15, 0.2) is 5.82 Å². The monoisotopic (exact) mass is 353 g/mol. The van der Waals surface area contributed by atoms with E-state index in [2.05, 4.69) is 10.2 Å². The maximum absolute atomic E-state index is 12.8. The van der Waals surface area contributed by atoms with Gasteiger partial charge in [0.2, 0.25) is 4.96 Å². The summed E-state index contributed by atoms with van der Waals surface area (Å²) in [6.07, 6.45) is 1.89. The molecular weight excluding hydrogens is 342 g/mol. The Labute approximate surface area is 146 Å². The molecule has 2 aromatic carbocycles. The molecule has 0 amide bonds. The van der Waals surface area contributed by atoms with E-state index in [1.54, 1.807) is 16.5 Å². The highest BCUT2D eigenvalue weighted by Crippen LogP contribution is 2.20. The Morgan fingerprint density at radius 1 is 1.12 bits per heavy atom. The van der Waals surface area contributed by atoms with Crippen molar-refractivity contribution in [2.45, 2.75) is 6.92 Å². The van der Waals surface area contributed by atoms with Gasteiger partial charge in [0.1, 0.15) is 0 Å². The van der Waals surface area contributed by atoms with E-state index in [9.17, 15) is 4.79 Å². The lowest BCUT2D eigenvalue weighted by atomic mass is 10.1. The second kappa shape index (κ2) is 5.85. The molecule has 0 spiro atoms. The highest BCUT2D eigenvalue weighted by atomic mass is 35.5. The van der Waals surface area contributed by atoms with Gasteiger partial charge in [0.05, 0.1) is 4.53 Å². The number of nitrogens with zero attached hydrogens (tertiary/aromatic N) is 3. The minimum Gasteiger partial charge on any atom is -0.267 e. The van der Waals surface area contributed by atoms with Crippen LogP contribution in [0.15, 0.2) is 53.3 Å². The van der Waals surface area contributed by atoms with Gasteiger partial charge in [0.25, 0.3) is 5.56 Å². The van der Waals surface area contributed by atoms with Crippen molar-refractivity contribution in [3.8, 4) is 11.4 Å². The number of halogens is 1. The molecule has 0 aliphatic rings. The first-order valence-electron chi connectivity index (χ1n) is 7.34. The number of rotatable bonds is 2. The molecule has 0 radical (unpaired) electrons. The van der Waals surface area contributed by atoms with Gasteiger partial charge < -0.3 is 0 Å². The third-order valence-electron chi connectivity index (χ3n) is 3.69. The number of thiazole rings is 1. The van der Waals surface area contributed by atoms with Crippen molar-refractivity contribution in [1.29, 1.82) is 0 Å². The summed E-state index contributed by atoms with van der Waals surface area (Å²) in [6.45, 7) is 2.03. The van der Waals surface area contributed by atoms with Crippen molar-refractivity contribution < 1.29 is 0 Å². The zero-order valence-electron chi connectivity index (χ0n) is 12.7. The first-order chi connectivity index (χ1) is 11.6. The summed E-state index contributed by atoms with van der Waals surface area (Å²) in [4.78, 5) is 13.4. The Balaban J connectivity index is 1.91. The minimum absolute atomic E-state index is 0.105. The van der Waals surface area contributed by atoms with Crippen molar-refractivity contribution in [2.24, 2.45) is 0 Å². The molecule has 4 rings (SSSR count). The van der Waals surface area contributed by atoms with Crippen molar-refractivity contribution >= 4 is 34.0 Å². The molecule has 0 saturated carbocycles. The summed E-state index contributed by atoms with van der Waals surface area (Å²) in [5.41, 5.74) is 2.86. The Morgan fingerprint density at radius 3 is 2.67 bits per heavy atom. The van der Waals surface area contributed by atoms with E-state index in [0.29, 0.717) is 20.3 Å². The fourth-order valence-electron chi connectivity index (χ4n) is 2.56.